The van der Waals surface area contributed by atoms with Crippen molar-refractivity contribution in [2.24, 2.45) is 12.8 Å². The molecule has 0 aromatic carbocycles. The zero-order valence-corrected chi connectivity index (χ0v) is 12.3. The zero-order chi connectivity index (χ0) is 14.1. The highest BCUT2D eigenvalue weighted by Gasteiger charge is 2.22. The van der Waals surface area contributed by atoms with E-state index in [9.17, 15) is 8.42 Å². The highest BCUT2D eigenvalue weighted by atomic mass is 32.2. The SMILES string of the molecule is Cn1ncc(C(N)=S)c1NS(=O)(=O)NC(C)(C)C. The van der Waals surface area contributed by atoms with Crippen LogP contribution < -0.4 is 15.2 Å². The molecular weight excluding hydrogens is 274 g/mol. The first-order chi connectivity index (χ1) is 8.02. The van der Waals surface area contributed by atoms with E-state index in [1.54, 1.807) is 27.8 Å². The van der Waals surface area contributed by atoms with Crippen LogP contribution in [0.4, 0.5) is 5.82 Å². The summed E-state index contributed by atoms with van der Waals surface area (Å²) in [6, 6.07) is 0. The predicted molar refractivity (Wildman–Crippen MR) is 74.5 cm³/mol. The number of rotatable bonds is 4. The van der Waals surface area contributed by atoms with E-state index < -0.39 is 15.7 Å². The van der Waals surface area contributed by atoms with Crippen LogP contribution in [-0.4, -0.2) is 28.7 Å². The Kier molecular flexibility index (Phi) is 3.99. The summed E-state index contributed by atoms with van der Waals surface area (Å²) in [5.41, 5.74) is 5.29. The van der Waals surface area contributed by atoms with Gasteiger partial charge in [-0.15, -0.1) is 0 Å². The molecular formula is C9H17N5O2S2. The molecule has 0 aliphatic heterocycles. The summed E-state index contributed by atoms with van der Waals surface area (Å²) in [5, 5.41) is 3.91. The molecule has 0 aliphatic rings. The molecule has 4 N–H and O–H groups in total. The molecule has 0 saturated carbocycles. The smallest absolute Gasteiger partial charge is 0.300 e. The molecule has 0 fully saturated rings. The number of nitrogens with zero attached hydrogens (tertiary/aromatic N) is 2. The number of nitrogens with one attached hydrogen (secondary N) is 2. The lowest BCUT2D eigenvalue weighted by Crippen LogP contribution is -2.44. The van der Waals surface area contributed by atoms with Crippen LogP contribution in [0.3, 0.4) is 0 Å². The number of aromatic nitrogens is 2. The van der Waals surface area contributed by atoms with Crippen molar-refractivity contribution >= 4 is 33.2 Å². The number of anilines is 1. The third-order valence-electron chi connectivity index (χ3n) is 1.88. The van der Waals surface area contributed by atoms with Gasteiger partial charge in [0.15, 0.2) is 0 Å². The maximum atomic E-state index is 11.9. The van der Waals surface area contributed by atoms with Crippen molar-refractivity contribution in [1.29, 1.82) is 0 Å². The second-order valence-electron chi connectivity index (χ2n) is 4.85. The van der Waals surface area contributed by atoms with E-state index in [0.717, 1.165) is 0 Å². The molecule has 0 saturated heterocycles. The molecule has 0 amide bonds. The highest BCUT2D eigenvalue weighted by Crippen LogP contribution is 2.15. The minimum Gasteiger partial charge on any atom is -0.389 e. The molecule has 102 valence electrons. The summed E-state index contributed by atoms with van der Waals surface area (Å²) < 4.78 is 30.0. The summed E-state index contributed by atoms with van der Waals surface area (Å²) in [6.07, 6.45) is 1.41. The highest BCUT2D eigenvalue weighted by molar-refractivity contribution is 7.90. The average molecular weight is 291 g/mol. The third-order valence-corrected chi connectivity index (χ3v) is 3.44. The lowest BCUT2D eigenvalue weighted by molar-refractivity contribution is 0.494. The Hall–Kier alpha value is -1.19. The minimum absolute atomic E-state index is 0.0801. The van der Waals surface area contributed by atoms with Crippen LogP contribution in [0.25, 0.3) is 0 Å². The van der Waals surface area contributed by atoms with E-state index >= 15 is 0 Å². The molecule has 1 heterocycles. The van der Waals surface area contributed by atoms with E-state index in [1.807, 2.05) is 0 Å². The fraction of sp³-hybridized carbons (Fsp3) is 0.556. The summed E-state index contributed by atoms with van der Waals surface area (Å²) >= 11 is 4.83. The summed E-state index contributed by atoms with van der Waals surface area (Å²) in [6.45, 7) is 5.22. The zero-order valence-electron chi connectivity index (χ0n) is 10.7. The second kappa shape index (κ2) is 4.82. The van der Waals surface area contributed by atoms with Crippen molar-refractivity contribution in [1.82, 2.24) is 14.5 Å². The molecule has 1 aromatic rings. The van der Waals surface area contributed by atoms with Gasteiger partial charge in [0.2, 0.25) is 0 Å². The molecule has 1 aromatic heterocycles. The van der Waals surface area contributed by atoms with Gasteiger partial charge in [-0.2, -0.15) is 18.2 Å². The largest absolute Gasteiger partial charge is 0.389 e. The van der Waals surface area contributed by atoms with Crippen LogP contribution in [0, 0.1) is 0 Å². The number of hydrogen-bond acceptors (Lipinski definition) is 4. The first-order valence-corrected chi connectivity index (χ1v) is 7.04. The summed E-state index contributed by atoms with van der Waals surface area (Å²) in [7, 11) is -2.12. The molecule has 0 atom stereocenters. The predicted octanol–water partition coefficient (Wildman–Crippen LogP) is 0.0991. The summed E-state index contributed by atoms with van der Waals surface area (Å²) in [4.78, 5) is 0.0801. The van der Waals surface area contributed by atoms with Gasteiger partial charge in [0.1, 0.15) is 10.8 Å². The molecule has 18 heavy (non-hydrogen) atoms. The molecule has 9 heteroatoms. The maximum Gasteiger partial charge on any atom is 0.300 e. The van der Waals surface area contributed by atoms with Crippen LogP contribution in [0.15, 0.2) is 6.20 Å². The van der Waals surface area contributed by atoms with Crippen LogP contribution in [-0.2, 0) is 17.3 Å². The Morgan fingerprint density at radius 1 is 1.50 bits per heavy atom. The Balaban J connectivity index is 3.05. The Morgan fingerprint density at radius 2 is 2.06 bits per heavy atom. The first-order valence-electron chi connectivity index (χ1n) is 5.15. The van der Waals surface area contributed by atoms with Crippen LogP contribution in [0.5, 0.6) is 0 Å². The van der Waals surface area contributed by atoms with Gasteiger partial charge in [0.05, 0.1) is 11.8 Å². The van der Waals surface area contributed by atoms with Crippen molar-refractivity contribution in [2.75, 3.05) is 4.72 Å². The molecule has 1 rings (SSSR count). The van der Waals surface area contributed by atoms with Crippen molar-refractivity contribution in [3.8, 4) is 0 Å². The van der Waals surface area contributed by atoms with Gasteiger partial charge < -0.3 is 5.73 Å². The van der Waals surface area contributed by atoms with Gasteiger partial charge >= 0.3 is 10.2 Å². The van der Waals surface area contributed by atoms with Gasteiger partial charge in [0.25, 0.3) is 0 Å². The Labute approximate surface area is 112 Å². The van der Waals surface area contributed by atoms with Crippen LogP contribution in [0.2, 0.25) is 0 Å². The fourth-order valence-electron chi connectivity index (χ4n) is 1.29. The van der Waals surface area contributed by atoms with Crippen LogP contribution in [0.1, 0.15) is 26.3 Å². The number of hydrogen-bond donors (Lipinski definition) is 3. The van der Waals surface area contributed by atoms with Gasteiger partial charge in [-0.3, -0.25) is 9.40 Å². The number of aryl methyl sites for hydroxylation is 1. The van der Waals surface area contributed by atoms with E-state index in [2.05, 4.69) is 14.5 Å². The normalized spacial score (nSPS) is 12.4. The van der Waals surface area contributed by atoms with Crippen molar-refractivity contribution in [3.63, 3.8) is 0 Å². The molecule has 0 bridgehead atoms. The van der Waals surface area contributed by atoms with Crippen molar-refractivity contribution < 1.29 is 8.42 Å². The van der Waals surface area contributed by atoms with Crippen LogP contribution >= 0.6 is 12.2 Å². The monoisotopic (exact) mass is 291 g/mol. The van der Waals surface area contributed by atoms with E-state index in [1.165, 1.54) is 10.9 Å². The standard InChI is InChI=1S/C9H17N5O2S2/c1-9(2,3)13-18(15,16)12-8-6(7(10)17)5-11-14(8)4/h5,12-13H,1-4H3,(H2,10,17). The average Bonchev–Trinajstić information content (AvgIpc) is 2.42. The van der Waals surface area contributed by atoms with E-state index in [4.69, 9.17) is 18.0 Å². The lowest BCUT2D eigenvalue weighted by atomic mass is 10.1. The Morgan fingerprint density at radius 3 is 2.50 bits per heavy atom. The van der Waals surface area contributed by atoms with E-state index in [0.29, 0.717) is 5.56 Å². The quantitative estimate of drug-likeness (QED) is 0.683. The Bertz CT molecular complexity index is 556. The van der Waals surface area contributed by atoms with Gasteiger partial charge in [-0.25, -0.2) is 0 Å². The van der Waals surface area contributed by atoms with Gasteiger partial charge in [0, 0.05) is 12.6 Å². The maximum absolute atomic E-state index is 11.9. The van der Waals surface area contributed by atoms with Gasteiger partial charge in [-0.1, -0.05) is 12.2 Å². The number of nitrogens with two attached hydrogens (primary N) is 1. The molecule has 0 spiro atoms. The van der Waals surface area contributed by atoms with Crippen molar-refractivity contribution in [3.05, 3.63) is 11.8 Å². The lowest BCUT2D eigenvalue weighted by Gasteiger charge is -2.21. The van der Waals surface area contributed by atoms with Gasteiger partial charge in [-0.05, 0) is 20.8 Å². The molecule has 0 unspecified atom stereocenters. The topological polar surface area (TPSA) is 102 Å². The minimum atomic E-state index is -3.72. The molecule has 0 radical (unpaired) electrons. The summed E-state index contributed by atoms with van der Waals surface area (Å²) in [5.74, 6) is 0.235. The fourth-order valence-corrected chi connectivity index (χ4v) is 2.80. The number of thiocarbonyl (C=S) groups is 1. The first kappa shape index (κ1) is 14.9. The molecule has 7 nitrogen and oxygen atoms in total. The van der Waals surface area contributed by atoms with E-state index in [-0.39, 0.29) is 10.8 Å². The second-order valence-corrected chi connectivity index (χ2v) is 6.71. The third kappa shape index (κ3) is 3.93. The van der Waals surface area contributed by atoms with Crippen molar-refractivity contribution in [2.45, 2.75) is 26.3 Å². The molecule has 0 aliphatic carbocycles.